The maximum atomic E-state index is 12.4. The lowest BCUT2D eigenvalue weighted by molar-refractivity contribution is -0.117. The normalized spacial score (nSPS) is 13.0. The number of carbonyl (C=O) groups is 1. The molecule has 0 bridgehead atoms. The predicted octanol–water partition coefficient (Wildman–Crippen LogP) is 3.33. The van der Waals surface area contributed by atoms with Gasteiger partial charge in [0.05, 0.1) is 33.4 Å². The number of thiazole rings is 1. The van der Waals surface area contributed by atoms with E-state index in [2.05, 4.69) is 10.3 Å². The average molecular weight is 404 g/mol. The Kier molecular flexibility index (Phi) is 5.59. The molecule has 0 saturated carbocycles. The van der Waals surface area contributed by atoms with Gasteiger partial charge in [-0.15, -0.1) is 11.3 Å². The van der Waals surface area contributed by atoms with Crippen LogP contribution in [0, 0.1) is 0 Å². The largest absolute Gasteiger partial charge is 0.324 e. The Labute approximate surface area is 162 Å². The fourth-order valence-electron chi connectivity index (χ4n) is 2.70. The van der Waals surface area contributed by atoms with Crippen molar-refractivity contribution in [1.82, 2.24) is 9.88 Å². The fourth-order valence-corrected chi connectivity index (χ4v) is 4.63. The van der Waals surface area contributed by atoms with Crippen LogP contribution in [0.15, 0.2) is 53.4 Å². The minimum Gasteiger partial charge on any atom is -0.324 e. The zero-order valence-corrected chi connectivity index (χ0v) is 17.0. The average Bonchev–Trinajstić information content (AvgIpc) is 3.04. The number of nitrogens with zero attached hydrogens (tertiary/aromatic N) is 2. The third kappa shape index (κ3) is 4.52. The zero-order chi connectivity index (χ0) is 19.6. The summed E-state index contributed by atoms with van der Waals surface area (Å²) in [6.07, 6.45) is 1.12. The van der Waals surface area contributed by atoms with Gasteiger partial charge in [-0.05, 0) is 38.2 Å². The van der Waals surface area contributed by atoms with Crippen LogP contribution in [0.4, 0.5) is 5.69 Å². The highest BCUT2D eigenvalue weighted by Gasteiger charge is 2.20. The van der Waals surface area contributed by atoms with Crippen LogP contribution in [0.5, 0.6) is 0 Å². The lowest BCUT2D eigenvalue weighted by Gasteiger charge is -2.22. The summed E-state index contributed by atoms with van der Waals surface area (Å²) in [6.45, 7) is 2.12. The van der Waals surface area contributed by atoms with Crippen LogP contribution in [0.3, 0.4) is 0 Å². The second kappa shape index (κ2) is 7.75. The summed E-state index contributed by atoms with van der Waals surface area (Å²) in [5.41, 5.74) is 1.25. The van der Waals surface area contributed by atoms with E-state index in [0.29, 0.717) is 5.69 Å². The van der Waals surface area contributed by atoms with Crippen LogP contribution < -0.4 is 5.32 Å². The van der Waals surface area contributed by atoms with Crippen molar-refractivity contribution in [1.29, 1.82) is 0 Å². The predicted molar refractivity (Wildman–Crippen MR) is 109 cm³/mol. The molecule has 0 aliphatic rings. The highest BCUT2D eigenvalue weighted by molar-refractivity contribution is 7.90. The molecule has 27 heavy (non-hydrogen) atoms. The van der Waals surface area contributed by atoms with Gasteiger partial charge in [0.1, 0.15) is 5.01 Å². The van der Waals surface area contributed by atoms with E-state index < -0.39 is 9.84 Å². The summed E-state index contributed by atoms with van der Waals surface area (Å²) in [7, 11) is -1.57. The van der Waals surface area contributed by atoms with E-state index in [1.807, 2.05) is 43.1 Å². The Hall–Kier alpha value is -2.29. The van der Waals surface area contributed by atoms with Crippen LogP contribution >= 0.6 is 11.3 Å². The number of benzene rings is 2. The summed E-state index contributed by atoms with van der Waals surface area (Å²) in [5, 5.41) is 3.64. The summed E-state index contributed by atoms with van der Waals surface area (Å²) >= 11 is 1.61. The molecule has 0 unspecified atom stereocenters. The van der Waals surface area contributed by atoms with Crippen LogP contribution in [0.2, 0.25) is 0 Å². The lowest BCUT2D eigenvalue weighted by Crippen LogP contribution is -2.32. The Morgan fingerprint density at radius 1 is 1.19 bits per heavy atom. The number of para-hydroxylation sites is 2. The molecule has 0 aliphatic heterocycles. The maximum Gasteiger partial charge on any atom is 0.238 e. The van der Waals surface area contributed by atoms with Gasteiger partial charge in [-0.2, -0.15) is 0 Å². The third-order valence-corrected chi connectivity index (χ3v) is 6.64. The van der Waals surface area contributed by atoms with Gasteiger partial charge in [-0.3, -0.25) is 9.69 Å². The molecule has 8 heteroatoms. The first-order valence-electron chi connectivity index (χ1n) is 8.40. The van der Waals surface area contributed by atoms with Gasteiger partial charge in [0.15, 0.2) is 9.84 Å². The molecule has 0 spiro atoms. The number of sulfone groups is 1. The van der Waals surface area contributed by atoms with Gasteiger partial charge in [0.2, 0.25) is 5.91 Å². The molecule has 6 nitrogen and oxygen atoms in total. The molecule has 0 fully saturated rings. The lowest BCUT2D eigenvalue weighted by atomic mass is 10.3. The summed E-state index contributed by atoms with van der Waals surface area (Å²) < 4.78 is 24.8. The summed E-state index contributed by atoms with van der Waals surface area (Å²) in [4.78, 5) is 19.1. The van der Waals surface area contributed by atoms with E-state index in [-0.39, 0.29) is 23.4 Å². The first kappa shape index (κ1) is 19.5. The van der Waals surface area contributed by atoms with Crippen LogP contribution in [0.1, 0.15) is 18.0 Å². The van der Waals surface area contributed by atoms with E-state index in [4.69, 9.17) is 0 Å². The number of hydrogen-bond donors (Lipinski definition) is 1. The van der Waals surface area contributed by atoms with Gasteiger partial charge in [0.25, 0.3) is 0 Å². The summed E-state index contributed by atoms with van der Waals surface area (Å²) in [5.74, 6) is -0.276. The SMILES string of the molecule is C[C@@H](c1nc2ccccc2s1)N(C)CC(=O)Nc1ccccc1S(C)(=O)=O. The molecule has 2 aromatic carbocycles. The van der Waals surface area contributed by atoms with E-state index in [9.17, 15) is 13.2 Å². The van der Waals surface area contributed by atoms with Gasteiger partial charge in [0, 0.05) is 6.26 Å². The van der Waals surface area contributed by atoms with Crippen molar-refractivity contribution in [3.8, 4) is 0 Å². The standard InChI is InChI=1S/C19H21N3O3S2/c1-13(19-21-14-8-4-6-10-16(14)26-19)22(2)12-18(23)20-15-9-5-7-11-17(15)27(3,24)25/h4-11,13H,12H2,1-3H3,(H,20,23)/t13-/m0/s1. The molecule has 1 aromatic heterocycles. The number of nitrogens with one attached hydrogen (secondary N) is 1. The molecule has 0 saturated heterocycles. The minimum atomic E-state index is -3.42. The molecule has 3 rings (SSSR count). The van der Waals surface area contributed by atoms with E-state index >= 15 is 0 Å². The number of anilines is 1. The second-order valence-corrected chi connectivity index (χ2v) is 9.47. The molecule has 0 aliphatic carbocycles. The maximum absolute atomic E-state index is 12.4. The smallest absolute Gasteiger partial charge is 0.238 e. The van der Waals surface area contributed by atoms with Gasteiger partial charge < -0.3 is 5.32 Å². The Bertz CT molecular complexity index is 1040. The molecule has 142 valence electrons. The van der Waals surface area contributed by atoms with Crippen LogP contribution in [-0.2, 0) is 14.6 Å². The number of hydrogen-bond acceptors (Lipinski definition) is 6. The summed E-state index contributed by atoms with van der Waals surface area (Å²) in [6, 6.07) is 14.3. The number of rotatable bonds is 6. The highest BCUT2D eigenvalue weighted by atomic mass is 32.2. The van der Waals surface area contributed by atoms with Crippen molar-refractivity contribution >= 4 is 43.0 Å². The molecule has 1 N–H and O–H groups in total. The van der Waals surface area contributed by atoms with Crippen molar-refractivity contribution in [2.24, 2.45) is 0 Å². The number of aromatic nitrogens is 1. The molecular formula is C19H21N3O3S2. The number of likely N-dealkylation sites (N-methyl/N-ethyl adjacent to an activating group) is 1. The van der Waals surface area contributed by atoms with Crippen LogP contribution in [0.25, 0.3) is 10.2 Å². The molecule has 0 radical (unpaired) electrons. The first-order chi connectivity index (χ1) is 12.8. The molecule has 1 atom stereocenters. The van der Waals surface area contributed by atoms with Crippen molar-refractivity contribution in [3.63, 3.8) is 0 Å². The van der Waals surface area contributed by atoms with E-state index in [0.717, 1.165) is 21.5 Å². The number of fused-ring (bicyclic) bond motifs is 1. The zero-order valence-electron chi connectivity index (χ0n) is 15.3. The Morgan fingerprint density at radius 2 is 1.85 bits per heavy atom. The molecule has 1 heterocycles. The van der Waals surface area contributed by atoms with E-state index in [1.54, 1.807) is 29.5 Å². The molecule has 1 amide bonds. The Morgan fingerprint density at radius 3 is 2.56 bits per heavy atom. The third-order valence-electron chi connectivity index (χ3n) is 4.28. The van der Waals surface area contributed by atoms with Gasteiger partial charge >= 0.3 is 0 Å². The molecule has 3 aromatic rings. The second-order valence-electron chi connectivity index (χ2n) is 6.43. The van der Waals surface area contributed by atoms with Crippen LogP contribution in [-0.4, -0.2) is 44.1 Å². The van der Waals surface area contributed by atoms with Crippen molar-refractivity contribution in [3.05, 3.63) is 53.5 Å². The van der Waals surface area contributed by atoms with Gasteiger partial charge in [-0.1, -0.05) is 24.3 Å². The fraction of sp³-hybridized carbons (Fsp3) is 0.263. The molecular weight excluding hydrogens is 382 g/mol. The Balaban J connectivity index is 1.71. The quantitative estimate of drug-likeness (QED) is 0.683. The topological polar surface area (TPSA) is 79.4 Å². The monoisotopic (exact) mass is 403 g/mol. The van der Waals surface area contributed by atoms with Crippen molar-refractivity contribution in [2.75, 3.05) is 25.2 Å². The van der Waals surface area contributed by atoms with Gasteiger partial charge in [-0.25, -0.2) is 13.4 Å². The number of carbonyl (C=O) groups excluding carboxylic acids is 1. The number of amides is 1. The highest BCUT2D eigenvalue weighted by Crippen LogP contribution is 2.28. The van der Waals surface area contributed by atoms with E-state index in [1.165, 1.54) is 6.07 Å². The van der Waals surface area contributed by atoms with Crippen molar-refractivity contribution in [2.45, 2.75) is 17.9 Å². The van der Waals surface area contributed by atoms with Crippen molar-refractivity contribution < 1.29 is 13.2 Å². The first-order valence-corrected chi connectivity index (χ1v) is 11.1. The minimum absolute atomic E-state index is 0.0432.